The fourth-order valence-electron chi connectivity index (χ4n) is 3.09. The largest absolute Gasteiger partial charge is 0.497 e. The highest BCUT2D eigenvalue weighted by Crippen LogP contribution is 2.32. The van der Waals surface area contributed by atoms with E-state index in [4.69, 9.17) is 27.9 Å². The molecular weight excluding hydrogens is 415 g/mol. The molecule has 9 heteroatoms. The molecule has 1 aromatic heterocycles. The number of hydrogen-bond acceptors (Lipinski definition) is 4. The van der Waals surface area contributed by atoms with Gasteiger partial charge in [0.05, 0.1) is 29.9 Å². The highest BCUT2D eigenvalue weighted by Gasteiger charge is 2.32. The fourth-order valence-corrected chi connectivity index (χ4v) is 3.55. The van der Waals surface area contributed by atoms with Crippen LogP contribution in [0.5, 0.6) is 5.75 Å². The normalized spacial score (nSPS) is 15.4. The highest BCUT2D eigenvalue weighted by atomic mass is 35.5. The minimum absolute atomic E-state index is 0.0340. The molecule has 1 aliphatic heterocycles. The average molecular weight is 431 g/mol. The Morgan fingerprint density at radius 3 is 2.66 bits per heavy atom. The van der Waals surface area contributed by atoms with Crippen molar-refractivity contribution < 1.29 is 14.3 Å². The van der Waals surface area contributed by atoms with Gasteiger partial charge < -0.3 is 15.4 Å². The summed E-state index contributed by atoms with van der Waals surface area (Å²) in [6.45, 7) is 0. The van der Waals surface area contributed by atoms with Crippen LogP contribution in [0.2, 0.25) is 10.0 Å². The van der Waals surface area contributed by atoms with Crippen LogP contribution in [0.4, 0.5) is 11.5 Å². The number of nitrogens with one attached hydrogen (secondary N) is 2. The Bertz CT molecular complexity index is 1100. The van der Waals surface area contributed by atoms with Gasteiger partial charge in [0.2, 0.25) is 11.8 Å². The minimum atomic E-state index is -0.808. The molecule has 7 nitrogen and oxygen atoms in total. The van der Waals surface area contributed by atoms with Crippen molar-refractivity contribution in [1.29, 1.82) is 0 Å². The van der Waals surface area contributed by atoms with E-state index in [1.165, 1.54) is 10.7 Å². The third kappa shape index (κ3) is 3.92. The molecule has 2 N–H and O–H groups in total. The molecule has 3 aromatic rings. The first kappa shape index (κ1) is 19.3. The van der Waals surface area contributed by atoms with E-state index >= 15 is 0 Å². The van der Waals surface area contributed by atoms with Crippen LogP contribution in [-0.4, -0.2) is 28.7 Å². The topological polar surface area (TPSA) is 85.2 Å². The smallest absolute Gasteiger partial charge is 0.249 e. The second-order valence-corrected chi connectivity index (χ2v) is 7.31. The summed E-state index contributed by atoms with van der Waals surface area (Å²) in [6, 6.07) is 13.0. The Kier molecular flexibility index (Phi) is 5.17. The van der Waals surface area contributed by atoms with Crippen molar-refractivity contribution in [2.24, 2.45) is 0 Å². The highest BCUT2D eigenvalue weighted by molar-refractivity contribution is 6.36. The molecule has 0 saturated heterocycles. The summed E-state index contributed by atoms with van der Waals surface area (Å²) in [7, 11) is 1.59. The molecule has 2 amide bonds. The van der Waals surface area contributed by atoms with Gasteiger partial charge in [-0.2, -0.15) is 5.10 Å². The van der Waals surface area contributed by atoms with Crippen LogP contribution in [0.1, 0.15) is 12.5 Å². The third-order valence-electron chi connectivity index (χ3n) is 4.55. The van der Waals surface area contributed by atoms with E-state index < -0.39 is 11.9 Å². The predicted octanol–water partition coefficient (Wildman–Crippen LogP) is 4.39. The van der Waals surface area contributed by atoms with Gasteiger partial charge in [0.25, 0.3) is 0 Å². The van der Waals surface area contributed by atoms with Crippen molar-refractivity contribution in [1.82, 2.24) is 9.78 Å². The van der Waals surface area contributed by atoms with E-state index in [1.807, 2.05) is 24.3 Å². The predicted molar refractivity (Wildman–Crippen MR) is 112 cm³/mol. The molecule has 29 heavy (non-hydrogen) atoms. The first-order valence-corrected chi connectivity index (χ1v) is 9.50. The number of amides is 2. The summed E-state index contributed by atoms with van der Waals surface area (Å²) in [6.07, 6.45) is -0.0340. The van der Waals surface area contributed by atoms with Gasteiger partial charge in [-0.1, -0.05) is 23.2 Å². The maximum atomic E-state index is 12.9. The Labute approximate surface area is 176 Å². The Morgan fingerprint density at radius 1 is 1.21 bits per heavy atom. The quantitative estimate of drug-likeness (QED) is 0.642. The fraction of sp³-hybridized carbons (Fsp3) is 0.150. The number of fused-ring (bicyclic) bond motifs is 1. The summed E-state index contributed by atoms with van der Waals surface area (Å²) < 4.78 is 6.68. The first-order valence-electron chi connectivity index (χ1n) is 8.74. The Morgan fingerprint density at radius 2 is 1.97 bits per heavy atom. The number of halogens is 2. The number of ether oxygens (including phenoxy) is 1. The minimum Gasteiger partial charge on any atom is -0.497 e. The molecule has 4 rings (SSSR count). The van der Waals surface area contributed by atoms with Crippen molar-refractivity contribution in [3.05, 3.63) is 58.6 Å². The average Bonchev–Trinajstić information content (AvgIpc) is 3.13. The number of carbonyl (C=O) groups is 2. The van der Waals surface area contributed by atoms with Crippen molar-refractivity contribution >= 4 is 46.5 Å². The molecule has 148 valence electrons. The first-order chi connectivity index (χ1) is 13.9. The third-order valence-corrected chi connectivity index (χ3v) is 5.10. The monoisotopic (exact) mass is 430 g/mol. The number of hydrogen-bond donors (Lipinski definition) is 2. The van der Waals surface area contributed by atoms with Crippen LogP contribution < -0.4 is 15.4 Å². The number of nitrogens with zero attached hydrogens (tertiary/aromatic N) is 2. The molecule has 0 unspecified atom stereocenters. The summed E-state index contributed by atoms with van der Waals surface area (Å²) in [5.41, 5.74) is 1.88. The lowest BCUT2D eigenvalue weighted by Crippen LogP contribution is -2.35. The van der Waals surface area contributed by atoms with Gasteiger partial charge in [-0.3, -0.25) is 9.59 Å². The summed E-state index contributed by atoms with van der Waals surface area (Å²) in [5, 5.41) is 10.8. The van der Waals surface area contributed by atoms with E-state index in [1.54, 1.807) is 25.3 Å². The SMILES string of the molecule is COc1ccc(-c2cc3n(n2)[C@H](C(=O)Nc2ccc(Cl)cc2Cl)CC(=O)N3)cc1. The Hall–Kier alpha value is -3.03. The zero-order chi connectivity index (χ0) is 20.5. The molecule has 0 spiro atoms. The van der Waals surface area contributed by atoms with Crippen molar-refractivity contribution in [2.45, 2.75) is 12.5 Å². The van der Waals surface area contributed by atoms with Gasteiger partial charge in [0.15, 0.2) is 0 Å². The van der Waals surface area contributed by atoms with E-state index in [0.29, 0.717) is 27.2 Å². The Balaban J connectivity index is 1.63. The molecule has 0 bridgehead atoms. The van der Waals surface area contributed by atoms with Crippen LogP contribution >= 0.6 is 23.2 Å². The molecule has 2 aromatic carbocycles. The van der Waals surface area contributed by atoms with Crippen molar-refractivity contribution in [3.63, 3.8) is 0 Å². The van der Waals surface area contributed by atoms with Crippen LogP contribution in [-0.2, 0) is 9.59 Å². The van der Waals surface area contributed by atoms with Gasteiger partial charge in [0.1, 0.15) is 17.6 Å². The van der Waals surface area contributed by atoms with Gasteiger partial charge in [-0.15, -0.1) is 0 Å². The summed E-state index contributed by atoms with van der Waals surface area (Å²) in [5.74, 6) is 0.522. The maximum absolute atomic E-state index is 12.9. The zero-order valence-corrected chi connectivity index (χ0v) is 16.8. The number of aromatic nitrogens is 2. The van der Waals surface area contributed by atoms with Crippen LogP contribution in [0.15, 0.2) is 48.5 Å². The maximum Gasteiger partial charge on any atom is 0.249 e. The molecule has 0 fully saturated rings. The van der Waals surface area contributed by atoms with Gasteiger partial charge >= 0.3 is 0 Å². The molecule has 0 aliphatic carbocycles. The van der Waals surface area contributed by atoms with E-state index in [0.717, 1.165) is 11.3 Å². The van der Waals surface area contributed by atoms with Gasteiger partial charge in [-0.25, -0.2) is 4.68 Å². The molecule has 1 atom stereocenters. The van der Waals surface area contributed by atoms with Crippen LogP contribution in [0, 0.1) is 0 Å². The number of benzene rings is 2. The second kappa shape index (κ2) is 7.77. The second-order valence-electron chi connectivity index (χ2n) is 6.47. The van der Waals surface area contributed by atoms with E-state index in [-0.39, 0.29) is 12.3 Å². The molecular formula is C20H16Cl2N4O3. The molecule has 1 aliphatic rings. The molecule has 0 saturated carbocycles. The van der Waals surface area contributed by atoms with Gasteiger partial charge in [0, 0.05) is 16.7 Å². The number of rotatable bonds is 4. The summed E-state index contributed by atoms with van der Waals surface area (Å²) in [4.78, 5) is 25.0. The van der Waals surface area contributed by atoms with Crippen molar-refractivity contribution in [3.8, 4) is 17.0 Å². The lowest BCUT2D eigenvalue weighted by molar-refractivity contribution is -0.125. The van der Waals surface area contributed by atoms with E-state index in [9.17, 15) is 9.59 Å². The van der Waals surface area contributed by atoms with Gasteiger partial charge in [-0.05, 0) is 42.5 Å². The number of carbonyl (C=O) groups excluding carboxylic acids is 2. The van der Waals surface area contributed by atoms with E-state index in [2.05, 4.69) is 15.7 Å². The number of methoxy groups -OCH3 is 1. The molecule has 0 radical (unpaired) electrons. The summed E-state index contributed by atoms with van der Waals surface area (Å²) >= 11 is 12.0. The van der Waals surface area contributed by atoms with Crippen LogP contribution in [0.25, 0.3) is 11.3 Å². The number of anilines is 2. The zero-order valence-electron chi connectivity index (χ0n) is 15.3. The standard InChI is InChI=1S/C20H16Cl2N4O3/c1-29-13-5-2-11(3-6-13)16-9-18-24-19(27)10-17(26(18)25-16)20(28)23-15-7-4-12(21)8-14(15)22/h2-9,17H,10H2,1H3,(H,23,28)(H,24,27)/t17-/m0/s1. The van der Waals surface area contributed by atoms with Crippen molar-refractivity contribution in [2.75, 3.05) is 17.7 Å². The lowest BCUT2D eigenvalue weighted by atomic mass is 10.1. The lowest BCUT2D eigenvalue weighted by Gasteiger charge is -2.23. The van der Waals surface area contributed by atoms with Crippen LogP contribution in [0.3, 0.4) is 0 Å². The molecule has 2 heterocycles.